The van der Waals surface area contributed by atoms with Crippen LogP contribution in [0.4, 0.5) is 11.4 Å². The van der Waals surface area contributed by atoms with Crippen molar-refractivity contribution in [2.75, 3.05) is 24.3 Å². The highest BCUT2D eigenvalue weighted by molar-refractivity contribution is 9.10. The number of benzene rings is 2. The second kappa shape index (κ2) is 6.09. The summed E-state index contributed by atoms with van der Waals surface area (Å²) in [6.07, 6.45) is 0. The van der Waals surface area contributed by atoms with E-state index in [2.05, 4.69) is 21.2 Å². The van der Waals surface area contributed by atoms with Crippen LogP contribution in [0.2, 0.25) is 0 Å². The Hall–Kier alpha value is -1.81. The van der Waals surface area contributed by atoms with Crippen molar-refractivity contribution in [3.8, 4) is 0 Å². The van der Waals surface area contributed by atoms with Gasteiger partial charge < -0.3 is 10.2 Å². The maximum atomic E-state index is 12.2. The summed E-state index contributed by atoms with van der Waals surface area (Å²) in [6.45, 7) is 2.01. The minimum absolute atomic E-state index is 0.107. The summed E-state index contributed by atoms with van der Waals surface area (Å²) in [4.78, 5) is 14.2. The van der Waals surface area contributed by atoms with Crippen LogP contribution in [0.15, 0.2) is 46.9 Å². The number of aryl methyl sites for hydroxylation is 1. The van der Waals surface area contributed by atoms with Gasteiger partial charge in [0.25, 0.3) is 5.91 Å². The standard InChI is InChI=1S/C16H17BrN2O/c1-11-7-8-13(10-15(11)17)18-16(20)12-5-4-6-14(9-12)19(2)3/h4-10H,1-3H3,(H,18,20). The highest BCUT2D eigenvalue weighted by atomic mass is 79.9. The van der Waals surface area contributed by atoms with Crippen molar-refractivity contribution >= 4 is 33.2 Å². The maximum Gasteiger partial charge on any atom is 0.255 e. The van der Waals surface area contributed by atoms with E-state index in [0.29, 0.717) is 5.56 Å². The SMILES string of the molecule is Cc1ccc(NC(=O)c2cccc(N(C)C)c2)cc1Br. The average molecular weight is 333 g/mol. The molecule has 2 aromatic rings. The largest absolute Gasteiger partial charge is 0.378 e. The van der Waals surface area contributed by atoms with Crippen molar-refractivity contribution in [1.29, 1.82) is 0 Å². The van der Waals surface area contributed by atoms with E-state index in [-0.39, 0.29) is 5.91 Å². The van der Waals surface area contributed by atoms with Crippen LogP contribution in [0.5, 0.6) is 0 Å². The third-order valence-electron chi connectivity index (χ3n) is 3.05. The Morgan fingerprint density at radius 2 is 1.90 bits per heavy atom. The molecule has 1 N–H and O–H groups in total. The van der Waals surface area contributed by atoms with E-state index in [0.717, 1.165) is 21.4 Å². The molecule has 0 aliphatic heterocycles. The Bertz CT molecular complexity index is 638. The third kappa shape index (κ3) is 3.39. The molecule has 0 saturated carbocycles. The molecule has 0 aromatic heterocycles. The summed E-state index contributed by atoms with van der Waals surface area (Å²) in [6, 6.07) is 13.3. The van der Waals surface area contributed by atoms with Crippen LogP contribution in [0.25, 0.3) is 0 Å². The predicted molar refractivity (Wildman–Crippen MR) is 87.6 cm³/mol. The number of hydrogen-bond donors (Lipinski definition) is 1. The molecule has 0 spiro atoms. The zero-order valence-corrected chi connectivity index (χ0v) is 13.4. The van der Waals surface area contributed by atoms with Crippen LogP contribution in [0, 0.1) is 6.92 Å². The monoisotopic (exact) mass is 332 g/mol. The second-order valence-corrected chi connectivity index (χ2v) is 5.72. The Balaban J connectivity index is 2.19. The summed E-state index contributed by atoms with van der Waals surface area (Å²) < 4.78 is 0.984. The first kappa shape index (κ1) is 14.6. The van der Waals surface area contributed by atoms with Crippen LogP contribution in [0.1, 0.15) is 15.9 Å². The van der Waals surface area contributed by atoms with Gasteiger partial charge >= 0.3 is 0 Å². The molecule has 4 heteroatoms. The molecule has 0 heterocycles. The fraction of sp³-hybridized carbons (Fsp3) is 0.188. The van der Waals surface area contributed by atoms with E-state index >= 15 is 0 Å². The quantitative estimate of drug-likeness (QED) is 0.918. The van der Waals surface area contributed by atoms with Crippen LogP contribution in [-0.4, -0.2) is 20.0 Å². The van der Waals surface area contributed by atoms with Crippen molar-refractivity contribution in [3.05, 3.63) is 58.1 Å². The minimum Gasteiger partial charge on any atom is -0.378 e. The molecule has 0 radical (unpaired) electrons. The van der Waals surface area contributed by atoms with Gasteiger partial charge in [-0.3, -0.25) is 4.79 Å². The van der Waals surface area contributed by atoms with E-state index in [1.54, 1.807) is 0 Å². The van der Waals surface area contributed by atoms with Gasteiger partial charge in [-0.15, -0.1) is 0 Å². The predicted octanol–water partition coefficient (Wildman–Crippen LogP) is 4.08. The lowest BCUT2D eigenvalue weighted by atomic mass is 10.1. The number of rotatable bonds is 3. The van der Waals surface area contributed by atoms with E-state index < -0.39 is 0 Å². The summed E-state index contributed by atoms with van der Waals surface area (Å²) in [5, 5.41) is 2.90. The molecule has 0 aliphatic rings. The Kier molecular flexibility index (Phi) is 4.45. The van der Waals surface area contributed by atoms with Gasteiger partial charge in [-0.05, 0) is 42.8 Å². The number of nitrogens with one attached hydrogen (secondary N) is 1. The first-order chi connectivity index (χ1) is 9.47. The van der Waals surface area contributed by atoms with Crippen LogP contribution in [0.3, 0.4) is 0 Å². The summed E-state index contributed by atoms with van der Waals surface area (Å²) >= 11 is 3.46. The lowest BCUT2D eigenvalue weighted by Crippen LogP contribution is -2.14. The number of carbonyl (C=O) groups is 1. The third-order valence-corrected chi connectivity index (χ3v) is 3.91. The van der Waals surface area contributed by atoms with Crippen LogP contribution < -0.4 is 10.2 Å². The van der Waals surface area contributed by atoms with Gasteiger partial charge in [0.05, 0.1) is 0 Å². The normalized spacial score (nSPS) is 10.2. The van der Waals surface area contributed by atoms with Gasteiger partial charge in [-0.25, -0.2) is 0 Å². The fourth-order valence-electron chi connectivity index (χ4n) is 1.80. The molecule has 0 unspecified atom stereocenters. The summed E-state index contributed by atoms with van der Waals surface area (Å²) in [5.41, 5.74) is 3.57. The Morgan fingerprint density at radius 3 is 2.55 bits per heavy atom. The van der Waals surface area contributed by atoms with E-state index in [1.807, 2.05) is 68.4 Å². The van der Waals surface area contributed by atoms with E-state index in [9.17, 15) is 4.79 Å². The summed E-state index contributed by atoms with van der Waals surface area (Å²) in [5.74, 6) is -0.107. The van der Waals surface area contributed by atoms with E-state index in [1.165, 1.54) is 0 Å². The van der Waals surface area contributed by atoms with E-state index in [4.69, 9.17) is 0 Å². The molecule has 3 nitrogen and oxygen atoms in total. The first-order valence-corrected chi connectivity index (χ1v) is 7.11. The molecule has 0 aliphatic carbocycles. The molecule has 0 atom stereocenters. The highest BCUT2D eigenvalue weighted by Gasteiger charge is 2.08. The molecular formula is C16H17BrN2O. The van der Waals surface area contributed by atoms with Crippen molar-refractivity contribution in [3.63, 3.8) is 0 Å². The molecule has 104 valence electrons. The first-order valence-electron chi connectivity index (χ1n) is 6.32. The second-order valence-electron chi connectivity index (χ2n) is 4.86. The lowest BCUT2D eigenvalue weighted by Gasteiger charge is -2.13. The number of nitrogens with zero attached hydrogens (tertiary/aromatic N) is 1. The number of carbonyl (C=O) groups excluding carboxylic acids is 1. The average Bonchev–Trinajstić information content (AvgIpc) is 2.43. The molecule has 0 fully saturated rings. The van der Waals surface area contributed by atoms with Gasteiger partial charge in [0.15, 0.2) is 0 Å². The fourth-order valence-corrected chi connectivity index (χ4v) is 2.18. The number of anilines is 2. The minimum atomic E-state index is -0.107. The zero-order chi connectivity index (χ0) is 14.7. The maximum absolute atomic E-state index is 12.2. The smallest absolute Gasteiger partial charge is 0.255 e. The van der Waals surface area contributed by atoms with Crippen LogP contribution >= 0.6 is 15.9 Å². The zero-order valence-electron chi connectivity index (χ0n) is 11.8. The number of halogens is 1. The molecule has 2 aromatic carbocycles. The number of hydrogen-bond acceptors (Lipinski definition) is 2. The summed E-state index contributed by atoms with van der Waals surface area (Å²) in [7, 11) is 3.90. The lowest BCUT2D eigenvalue weighted by molar-refractivity contribution is 0.102. The van der Waals surface area contributed by atoms with Crippen LogP contribution in [-0.2, 0) is 0 Å². The topological polar surface area (TPSA) is 32.3 Å². The van der Waals surface area contributed by atoms with Gasteiger partial charge in [-0.1, -0.05) is 28.1 Å². The molecule has 0 bridgehead atoms. The van der Waals surface area contributed by atoms with Gasteiger partial charge in [0.1, 0.15) is 0 Å². The Morgan fingerprint density at radius 1 is 1.15 bits per heavy atom. The Labute approximate surface area is 127 Å². The van der Waals surface area contributed by atoms with Gasteiger partial charge in [0.2, 0.25) is 0 Å². The van der Waals surface area contributed by atoms with Crippen molar-refractivity contribution in [2.45, 2.75) is 6.92 Å². The van der Waals surface area contributed by atoms with Crippen molar-refractivity contribution in [2.24, 2.45) is 0 Å². The van der Waals surface area contributed by atoms with Gasteiger partial charge in [-0.2, -0.15) is 0 Å². The molecule has 20 heavy (non-hydrogen) atoms. The van der Waals surface area contributed by atoms with Crippen molar-refractivity contribution in [1.82, 2.24) is 0 Å². The molecule has 0 saturated heterocycles. The molecule has 1 amide bonds. The van der Waals surface area contributed by atoms with Crippen molar-refractivity contribution < 1.29 is 4.79 Å². The number of amides is 1. The van der Waals surface area contributed by atoms with Gasteiger partial charge in [0, 0.05) is 35.5 Å². The highest BCUT2D eigenvalue weighted by Crippen LogP contribution is 2.21. The molecule has 2 rings (SSSR count). The molecular weight excluding hydrogens is 316 g/mol.